The van der Waals surface area contributed by atoms with Gasteiger partial charge in [0.2, 0.25) is 5.91 Å². The number of rotatable bonds is 2. The van der Waals surface area contributed by atoms with Crippen LogP contribution in [0.25, 0.3) is 0 Å². The van der Waals surface area contributed by atoms with Crippen LogP contribution in [0.4, 0.5) is 5.82 Å². The van der Waals surface area contributed by atoms with E-state index in [0.717, 1.165) is 15.9 Å². The Kier molecular flexibility index (Phi) is 3.10. The number of carbonyl (C=O) groups is 1. The Morgan fingerprint density at radius 1 is 1.69 bits per heavy atom. The number of hydrogen-bond donors (Lipinski definition) is 0. The lowest BCUT2D eigenvalue weighted by Crippen LogP contribution is -2.26. The Balaban J connectivity index is 2.31. The largest absolute Gasteiger partial charge is 0.296 e. The molecule has 84 valence electrons. The fraction of sp³-hybridized carbons (Fsp3) is 0.333. The van der Waals surface area contributed by atoms with Gasteiger partial charge in [-0.15, -0.1) is 6.58 Å². The topological polar surface area (TPSA) is 33.2 Å². The molecule has 0 saturated carbocycles. The van der Waals surface area contributed by atoms with Crippen molar-refractivity contribution in [2.75, 3.05) is 11.4 Å². The summed E-state index contributed by atoms with van der Waals surface area (Å²) >= 11 is 3.36. The number of pyridine rings is 1. The molecular weight excluding hydrogens is 268 g/mol. The summed E-state index contributed by atoms with van der Waals surface area (Å²) in [4.78, 5) is 17.9. The van der Waals surface area contributed by atoms with Gasteiger partial charge in [0, 0.05) is 29.6 Å². The Hall–Kier alpha value is -1.16. The summed E-state index contributed by atoms with van der Waals surface area (Å²) in [5, 5.41) is 0. The molecule has 1 fully saturated rings. The van der Waals surface area contributed by atoms with E-state index in [0.29, 0.717) is 13.0 Å². The smallest absolute Gasteiger partial charge is 0.228 e. The van der Waals surface area contributed by atoms with Gasteiger partial charge < -0.3 is 0 Å². The van der Waals surface area contributed by atoms with Gasteiger partial charge in [-0.2, -0.15) is 0 Å². The lowest BCUT2D eigenvalue weighted by molar-refractivity contribution is -0.117. The maximum absolute atomic E-state index is 11.8. The predicted octanol–water partition coefficient (Wildman–Crippen LogP) is 2.69. The number of carbonyl (C=O) groups excluding carboxylic acids is 1. The maximum Gasteiger partial charge on any atom is 0.228 e. The van der Waals surface area contributed by atoms with E-state index in [-0.39, 0.29) is 11.8 Å². The van der Waals surface area contributed by atoms with Gasteiger partial charge in [0.15, 0.2) is 0 Å². The zero-order valence-electron chi connectivity index (χ0n) is 9.11. The van der Waals surface area contributed by atoms with Crippen LogP contribution >= 0.6 is 15.9 Å². The predicted molar refractivity (Wildman–Crippen MR) is 67.3 cm³/mol. The van der Waals surface area contributed by atoms with E-state index in [4.69, 9.17) is 0 Å². The van der Waals surface area contributed by atoms with Crippen LogP contribution in [0.1, 0.15) is 12.0 Å². The zero-order valence-corrected chi connectivity index (χ0v) is 10.7. The Morgan fingerprint density at radius 3 is 3.00 bits per heavy atom. The number of aryl methyl sites for hydroxylation is 1. The molecule has 2 rings (SSSR count). The number of halogens is 1. The van der Waals surface area contributed by atoms with Gasteiger partial charge in [0.05, 0.1) is 0 Å². The van der Waals surface area contributed by atoms with Crippen LogP contribution in [-0.2, 0) is 4.79 Å². The summed E-state index contributed by atoms with van der Waals surface area (Å²) in [7, 11) is 0. The van der Waals surface area contributed by atoms with Crippen molar-refractivity contribution < 1.29 is 4.79 Å². The monoisotopic (exact) mass is 280 g/mol. The first kappa shape index (κ1) is 11.3. The second kappa shape index (κ2) is 4.37. The molecule has 0 aliphatic carbocycles. The molecule has 4 heteroatoms. The molecule has 0 spiro atoms. The van der Waals surface area contributed by atoms with E-state index in [1.807, 2.05) is 19.1 Å². The third-order valence-electron chi connectivity index (χ3n) is 2.76. The zero-order chi connectivity index (χ0) is 11.7. The Morgan fingerprint density at radius 2 is 2.44 bits per heavy atom. The van der Waals surface area contributed by atoms with E-state index in [2.05, 4.69) is 27.5 Å². The average Bonchev–Trinajstić information content (AvgIpc) is 2.60. The number of anilines is 1. The highest BCUT2D eigenvalue weighted by Gasteiger charge is 2.30. The minimum Gasteiger partial charge on any atom is -0.296 e. The molecule has 3 nitrogen and oxygen atoms in total. The summed E-state index contributed by atoms with van der Waals surface area (Å²) in [6.45, 7) is 6.39. The second-order valence-corrected chi connectivity index (χ2v) is 4.91. The Bertz CT molecular complexity index is 445. The molecule has 1 atom stereocenters. The van der Waals surface area contributed by atoms with Gasteiger partial charge in [-0.25, -0.2) is 4.98 Å². The molecule has 1 saturated heterocycles. The summed E-state index contributed by atoms with van der Waals surface area (Å²) in [5.74, 6) is 1.14. The molecule has 16 heavy (non-hydrogen) atoms. The van der Waals surface area contributed by atoms with Crippen molar-refractivity contribution >= 4 is 27.7 Å². The molecule has 0 N–H and O–H groups in total. The molecule has 1 aliphatic heterocycles. The highest BCUT2D eigenvalue weighted by Crippen LogP contribution is 2.27. The number of amides is 1. The van der Waals surface area contributed by atoms with E-state index in [9.17, 15) is 4.79 Å². The third kappa shape index (κ3) is 2.02. The van der Waals surface area contributed by atoms with E-state index in [1.165, 1.54) is 0 Å². The third-order valence-corrected chi connectivity index (χ3v) is 3.19. The molecule has 0 radical (unpaired) electrons. The molecular formula is C12H13BrN2O. The van der Waals surface area contributed by atoms with Crippen molar-refractivity contribution in [1.82, 2.24) is 4.98 Å². The summed E-state index contributed by atoms with van der Waals surface area (Å²) in [6.07, 6.45) is 4.10. The molecule has 1 unspecified atom stereocenters. The first-order valence-electron chi connectivity index (χ1n) is 5.17. The fourth-order valence-corrected chi connectivity index (χ4v) is 2.36. The van der Waals surface area contributed by atoms with Gasteiger partial charge in [-0.05, 0) is 34.5 Å². The summed E-state index contributed by atoms with van der Waals surface area (Å²) in [6, 6.07) is 1.97. The van der Waals surface area contributed by atoms with Crippen molar-refractivity contribution in [2.45, 2.75) is 13.3 Å². The highest BCUT2D eigenvalue weighted by atomic mass is 79.9. The van der Waals surface area contributed by atoms with Gasteiger partial charge >= 0.3 is 0 Å². The van der Waals surface area contributed by atoms with Crippen LogP contribution < -0.4 is 4.90 Å². The van der Waals surface area contributed by atoms with Crippen LogP contribution in [0.5, 0.6) is 0 Å². The SMILES string of the molecule is C=CC1CC(=O)N(c2ncc(Br)cc2C)C1. The van der Waals surface area contributed by atoms with Crippen LogP contribution in [0.2, 0.25) is 0 Å². The van der Waals surface area contributed by atoms with Gasteiger partial charge in [-0.3, -0.25) is 9.69 Å². The standard InChI is InChI=1S/C12H13BrN2O/c1-3-9-5-11(16)15(7-9)12-8(2)4-10(13)6-14-12/h3-4,6,9H,1,5,7H2,2H3. The maximum atomic E-state index is 11.8. The van der Waals surface area contributed by atoms with Crippen LogP contribution in [0.3, 0.4) is 0 Å². The van der Waals surface area contributed by atoms with E-state index >= 15 is 0 Å². The van der Waals surface area contributed by atoms with Crippen molar-refractivity contribution in [3.8, 4) is 0 Å². The minimum atomic E-state index is 0.128. The van der Waals surface area contributed by atoms with E-state index < -0.39 is 0 Å². The normalized spacial score (nSPS) is 20.2. The van der Waals surface area contributed by atoms with Crippen molar-refractivity contribution in [3.63, 3.8) is 0 Å². The van der Waals surface area contributed by atoms with Crippen molar-refractivity contribution in [3.05, 3.63) is 35.0 Å². The average molecular weight is 281 g/mol. The molecule has 0 bridgehead atoms. The van der Waals surface area contributed by atoms with Crippen LogP contribution in [0, 0.1) is 12.8 Å². The van der Waals surface area contributed by atoms with Crippen LogP contribution in [-0.4, -0.2) is 17.4 Å². The quantitative estimate of drug-likeness (QED) is 0.781. The Labute approximate surface area is 103 Å². The first-order chi connectivity index (χ1) is 7.61. The molecule has 1 aliphatic rings. The molecule has 2 heterocycles. The number of hydrogen-bond acceptors (Lipinski definition) is 2. The molecule has 1 aromatic heterocycles. The van der Waals surface area contributed by atoms with E-state index in [1.54, 1.807) is 11.1 Å². The number of aromatic nitrogens is 1. The second-order valence-electron chi connectivity index (χ2n) is 4.00. The fourth-order valence-electron chi connectivity index (χ4n) is 1.91. The van der Waals surface area contributed by atoms with Crippen molar-refractivity contribution in [2.24, 2.45) is 5.92 Å². The summed E-state index contributed by atoms with van der Waals surface area (Å²) in [5.41, 5.74) is 1.01. The van der Waals surface area contributed by atoms with Gasteiger partial charge in [-0.1, -0.05) is 6.08 Å². The molecule has 1 amide bonds. The first-order valence-corrected chi connectivity index (χ1v) is 5.96. The number of nitrogens with zero attached hydrogens (tertiary/aromatic N) is 2. The van der Waals surface area contributed by atoms with Crippen LogP contribution in [0.15, 0.2) is 29.4 Å². The minimum absolute atomic E-state index is 0.128. The van der Waals surface area contributed by atoms with Gasteiger partial charge in [0.25, 0.3) is 0 Å². The molecule has 1 aromatic rings. The highest BCUT2D eigenvalue weighted by molar-refractivity contribution is 9.10. The summed E-state index contributed by atoms with van der Waals surface area (Å²) < 4.78 is 0.931. The van der Waals surface area contributed by atoms with Gasteiger partial charge in [0.1, 0.15) is 5.82 Å². The lowest BCUT2D eigenvalue weighted by atomic mass is 10.1. The lowest BCUT2D eigenvalue weighted by Gasteiger charge is -2.17. The molecule has 0 aromatic carbocycles. The van der Waals surface area contributed by atoms with Crippen molar-refractivity contribution in [1.29, 1.82) is 0 Å².